The Labute approximate surface area is 101 Å². The maximum absolute atomic E-state index is 6.13. The molecule has 1 heterocycles. The van der Waals surface area contributed by atoms with Crippen LogP contribution in [0.4, 0.5) is 0 Å². The second kappa shape index (κ2) is 5.26. The summed E-state index contributed by atoms with van der Waals surface area (Å²) in [5.74, 6) is 0.856. The molecule has 1 aromatic heterocycles. The number of aromatic amines is 1. The molecule has 0 aliphatic carbocycles. The summed E-state index contributed by atoms with van der Waals surface area (Å²) in [4.78, 5) is 3.15. The molecule has 0 aliphatic heterocycles. The molecule has 0 radical (unpaired) electrons. The first-order chi connectivity index (χ1) is 7.81. The molecule has 2 nitrogen and oxygen atoms in total. The highest BCUT2D eigenvalue weighted by atomic mass is 35.5. The smallest absolute Gasteiger partial charge is 0.172 e. The van der Waals surface area contributed by atoms with E-state index in [9.17, 15) is 0 Å². The van der Waals surface area contributed by atoms with Crippen LogP contribution in [-0.4, -0.2) is 10.5 Å². The summed E-state index contributed by atoms with van der Waals surface area (Å²) in [5.41, 5.74) is 0.845. The third kappa shape index (κ3) is 2.50. The lowest BCUT2D eigenvalue weighted by atomic mass is 10.2. The predicted octanol–water partition coefficient (Wildman–Crippen LogP) is 4.30. The molecule has 16 heavy (non-hydrogen) atoms. The fourth-order valence-electron chi connectivity index (χ4n) is 1.72. The van der Waals surface area contributed by atoms with Crippen molar-refractivity contribution in [1.29, 1.82) is 0 Å². The molecule has 3 heteroatoms. The molecular weight excluding hydrogens is 222 g/mol. The Kier molecular flexibility index (Phi) is 3.73. The number of ether oxygens (including phenoxy) is 1. The average molecular weight is 238 g/mol. The Morgan fingerprint density at radius 2 is 2.25 bits per heavy atom. The summed E-state index contributed by atoms with van der Waals surface area (Å²) in [7, 11) is 0. The van der Waals surface area contributed by atoms with Crippen molar-refractivity contribution in [3.05, 3.63) is 30.5 Å². The van der Waals surface area contributed by atoms with E-state index < -0.39 is 0 Å². The van der Waals surface area contributed by atoms with Crippen molar-refractivity contribution < 1.29 is 4.74 Å². The van der Waals surface area contributed by atoms with Crippen molar-refractivity contribution in [2.45, 2.75) is 31.7 Å². The van der Waals surface area contributed by atoms with Gasteiger partial charge >= 0.3 is 0 Å². The Morgan fingerprint density at radius 3 is 3.06 bits per heavy atom. The summed E-state index contributed by atoms with van der Waals surface area (Å²) in [6.07, 6.45) is 5.03. The minimum Gasteiger partial charge on any atom is -0.474 e. The van der Waals surface area contributed by atoms with Crippen molar-refractivity contribution >= 4 is 22.5 Å². The van der Waals surface area contributed by atoms with Crippen LogP contribution in [0, 0.1) is 0 Å². The Morgan fingerprint density at radius 1 is 1.38 bits per heavy atom. The molecule has 0 spiro atoms. The standard InChI is InChI=1S/C13H16ClNO/c1-2-3-7-13(14)16-12-6-4-5-11-10(12)8-9-15-11/h4-6,8-9,13,15H,2-3,7H2,1H3. The molecule has 0 saturated heterocycles. The van der Waals surface area contributed by atoms with E-state index in [1.165, 1.54) is 0 Å². The third-order valence-electron chi connectivity index (χ3n) is 2.59. The number of benzene rings is 1. The van der Waals surface area contributed by atoms with Gasteiger partial charge in [-0.15, -0.1) is 0 Å². The number of rotatable bonds is 5. The lowest BCUT2D eigenvalue weighted by Crippen LogP contribution is -2.08. The molecule has 0 bridgehead atoms. The van der Waals surface area contributed by atoms with Gasteiger partial charge in [-0.05, 0) is 31.0 Å². The lowest BCUT2D eigenvalue weighted by Gasteiger charge is -2.12. The first kappa shape index (κ1) is 11.3. The molecule has 2 rings (SSSR count). The van der Waals surface area contributed by atoms with E-state index in [1.54, 1.807) is 0 Å². The van der Waals surface area contributed by atoms with Gasteiger partial charge in [-0.1, -0.05) is 31.0 Å². The molecule has 86 valence electrons. The summed E-state index contributed by atoms with van der Waals surface area (Å²) >= 11 is 6.13. The second-order valence-electron chi connectivity index (χ2n) is 3.87. The number of fused-ring (bicyclic) bond motifs is 1. The van der Waals surface area contributed by atoms with Crippen LogP contribution in [0.25, 0.3) is 10.9 Å². The first-order valence-electron chi connectivity index (χ1n) is 5.68. The molecular formula is C13H16ClNO. The quantitative estimate of drug-likeness (QED) is 0.771. The summed E-state index contributed by atoms with van der Waals surface area (Å²) < 4.78 is 5.73. The van der Waals surface area contributed by atoms with Gasteiger partial charge in [0.25, 0.3) is 0 Å². The number of halogens is 1. The Bertz CT molecular complexity index is 452. The van der Waals surface area contributed by atoms with E-state index >= 15 is 0 Å². The highest BCUT2D eigenvalue weighted by Crippen LogP contribution is 2.26. The van der Waals surface area contributed by atoms with Crippen molar-refractivity contribution in [3.63, 3.8) is 0 Å². The number of hydrogen-bond acceptors (Lipinski definition) is 1. The molecule has 1 N–H and O–H groups in total. The van der Waals surface area contributed by atoms with Gasteiger partial charge in [0.15, 0.2) is 5.56 Å². The topological polar surface area (TPSA) is 25.0 Å². The largest absolute Gasteiger partial charge is 0.474 e. The van der Waals surface area contributed by atoms with Crippen LogP contribution in [0.2, 0.25) is 0 Å². The van der Waals surface area contributed by atoms with Crippen molar-refractivity contribution in [2.75, 3.05) is 0 Å². The molecule has 0 aliphatic rings. The minimum atomic E-state index is -0.236. The maximum Gasteiger partial charge on any atom is 0.172 e. The normalized spacial score (nSPS) is 12.9. The van der Waals surface area contributed by atoms with Crippen LogP contribution in [0.3, 0.4) is 0 Å². The van der Waals surface area contributed by atoms with Crippen LogP contribution in [0.15, 0.2) is 30.5 Å². The number of nitrogens with one attached hydrogen (secondary N) is 1. The average Bonchev–Trinajstić information content (AvgIpc) is 2.75. The number of alkyl halides is 1. The number of H-pyrrole nitrogens is 1. The molecule has 0 amide bonds. The van der Waals surface area contributed by atoms with Gasteiger partial charge in [0.05, 0.1) is 0 Å². The van der Waals surface area contributed by atoms with Gasteiger partial charge in [0.2, 0.25) is 0 Å². The first-order valence-corrected chi connectivity index (χ1v) is 6.11. The highest BCUT2D eigenvalue weighted by Gasteiger charge is 2.08. The second-order valence-corrected chi connectivity index (χ2v) is 4.35. The summed E-state index contributed by atoms with van der Waals surface area (Å²) in [6, 6.07) is 7.96. The molecule has 1 unspecified atom stereocenters. The Hall–Kier alpha value is -1.15. The fraction of sp³-hybridized carbons (Fsp3) is 0.385. The van der Waals surface area contributed by atoms with Crippen LogP contribution < -0.4 is 4.74 Å². The van der Waals surface area contributed by atoms with Crippen LogP contribution in [0.5, 0.6) is 5.75 Å². The SMILES string of the molecule is CCCCC(Cl)Oc1cccc2[nH]ccc12. The zero-order valence-electron chi connectivity index (χ0n) is 9.37. The van der Waals surface area contributed by atoms with Gasteiger partial charge in [-0.3, -0.25) is 0 Å². The molecule has 0 fully saturated rings. The maximum atomic E-state index is 6.13. The van der Waals surface area contributed by atoms with Crippen LogP contribution in [0.1, 0.15) is 26.2 Å². The summed E-state index contributed by atoms with van der Waals surface area (Å²) in [5, 5.41) is 1.09. The predicted molar refractivity (Wildman–Crippen MR) is 68.1 cm³/mol. The van der Waals surface area contributed by atoms with Crippen LogP contribution in [-0.2, 0) is 0 Å². The monoisotopic (exact) mass is 237 g/mol. The van der Waals surface area contributed by atoms with E-state index in [2.05, 4.69) is 11.9 Å². The molecule has 1 atom stereocenters. The molecule has 1 aromatic carbocycles. The number of aromatic nitrogens is 1. The van der Waals surface area contributed by atoms with E-state index in [0.29, 0.717) is 0 Å². The molecule has 2 aromatic rings. The van der Waals surface area contributed by atoms with Gasteiger partial charge in [-0.25, -0.2) is 0 Å². The zero-order chi connectivity index (χ0) is 11.4. The zero-order valence-corrected chi connectivity index (χ0v) is 10.1. The van der Waals surface area contributed by atoms with Gasteiger partial charge < -0.3 is 9.72 Å². The lowest BCUT2D eigenvalue weighted by molar-refractivity contribution is 0.269. The number of hydrogen-bond donors (Lipinski definition) is 1. The van der Waals surface area contributed by atoms with E-state index in [0.717, 1.165) is 35.9 Å². The number of unbranched alkanes of at least 4 members (excludes halogenated alkanes) is 1. The fourth-order valence-corrected chi connectivity index (χ4v) is 1.97. The summed E-state index contributed by atoms with van der Waals surface area (Å²) in [6.45, 7) is 2.15. The highest BCUT2D eigenvalue weighted by molar-refractivity contribution is 6.19. The Balaban J connectivity index is 2.11. The van der Waals surface area contributed by atoms with E-state index in [4.69, 9.17) is 16.3 Å². The van der Waals surface area contributed by atoms with Crippen molar-refractivity contribution in [2.24, 2.45) is 0 Å². The van der Waals surface area contributed by atoms with Crippen molar-refractivity contribution in [1.82, 2.24) is 4.98 Å². The van der Waals surface area contributed by atoms with Crippen LogP contribution >= 0.6 is 11.6 Å². The van der Waals surface area contributed by atoms with Gasteiger partial charge in [0, 0.05) is 17.1 Å². The third-order valence-corrected chi connectivity index (χ3v) is 2.90. The van der Waals surface area contributed by atoms with E-state index in [1.807, 2.05) is 30.5 Å². The van der Waals surface area contributed by atoms with Crippen molar-refractivity contribution in [3.8, 4) is 5.75 Å². The minimum absolute atomic E-state index is 0.236. The van der Waals surface area contributed by atoms with E-state index in [-0.39, 0.29) is 5.56 Å². The van der Waals surface area contributed by atoms with Gasteiger partial charge in [-0.2, -0.15) is 0 Å². The van der Waals surface area contributed by atoms with Gasteiger partial charge in [0.1, 0.15) is 5.75 Å². The molecule has 0 saturated carbocycles.